The molecule has 0 amide bonds. The number of carbonyl (C=O) groups is 1. The van der Waals surface area contributed by atoms with Crippen molar-refractivity contribution in [1.82, 2.24) is 10.2 Å². The standard InChI is InChI=1S/C19H24N2O7/c22-15-6-5-14(17(25)20-15)21-18(26)12-4-3-11(10-13(12)19(21)27)2-1-8-28-9-7-16(23)24/h3-4,10,14-15,17-20,22,25-27H,5-9H2,(H,23,24). The molecule has 1 aromatic rings. The fraction of sp³-hybridized carbons (Fsp3) is 0.526. The lowest BCUT2D eigenvalue weighted by Gasteiger charge is -2.40. The van der Waals surface area contributed by atoms with Crippen LogP contribution in [0.2, 0.25) is 0 Å². The minimum Gasteiger partial charge on any atom is -0.481 e. The number of piperidine rings is 1. The Morgan fingerprint density at radius 1 is 1.18 bits per heavy atom. The van der Waals surface area contributed by atoms with Crippen LogP contribution in [-0.2, 0) is 9.53 Å². The number of aliphatic hydroxyl groups is 4. The van der Waals surface area contributed by atoms with Gasteiger partial charge in [-0.1, -0.05) is 17.9 Å². The minimum absolute atomic E-state index is 0.0838. The molecule has 152 valence electrons. The van der Waals surface area contributed by atoms with Crippen LogP contribution < -0.4 is 5.32 Å². The summed E-state index contributed by atoms with van der Waals surface area (Å²) >= 11 is 0. The van der Waals surface area contributed by atoms with E-state index in [1.165, 1.54) is 4.90 Å². The third-order valence-electron chi connectivity index (χ3n) is 4.92. The zero-order valence-corrected chi connectivity index (χ0v) is 15.2. The summed E-state index contributed by atoms with van der Waals surface area (Å²) in [6.07, 6.45) is -3.36. The van der Waals surface area contributed by atoms with Gasteiger partial charge in [0.15, 0.2) is 0 Å². The van der Waals surface area contributed by atoms with Crippen LogP contribution >= 0.6 is 0 Å². The summed E-state index contributed by atoms with van der Waals surface area (Å²) < 4.78 is 5.11. The van der Waals surface area contributed by atoms with Gasteiger partial charge in [0.25, 0.3) is 0 Å². The van der Waals surface area contributed by atoms with Crippen LogP contribution in [0.25, 0.3) is 0 Å². The van der Waals surface area contributed by atoms with Crippen molar-refractivity contribution in [3.05, 3.63) is 34.9 Å². The van der Waals surface area contributed by atoms with Crippen LogP contribution in [0.4, 0.5) is 0 Å². The molecule has 3 rings (SSSR count). The molecule has 0 bridgehead atoms. The maximum absolute atomic E-state index is 10.7. The smallest absolute Gasteiger partial charge is 0.305 e. The summed E-state index contributed by atoms with van der Waals surface area (Å²) in [7, 11) is 0. The van der Waals surface area contributed by atoms with Crippen molar-refractivity contribution in [2.24, 2.45) is 0 Å². The second kappa shape index (κ2) is 8.98. The molecular formula is C19H24N2O7. The number of aliphatic carboxylic acids is 1. The molecule has 9 nitrogen and oxygen atoms in total. The number of ether oxygens (including phenoxy) is 1. The van der Waals surface area contributed by atoms with E-state index in [1.54, 1.807) is 18.2 Å². The van der Waals surface area contributed by atoms with Crippen molar-refractivity contribution < 1.29 is 35.1 Å². The molecule has 28 heavy (non-hydrogen) atoms. The van der Waals surface area contributed by atoms with Crippen molar-refractivity contribution in [2.45, 2.75) is 50.2 Å². The molecule has 0 aliphatic carbocycles. The Morgan fingerprint density at radius 2 is 1.93 bits per heavy atom. The van der Waals surface area contributed by atoms with E-state index >= 15 is 0 Å². The molecule has 5 unspecified atom stereocenters. The maximum Gasteiger partial charge on any atom is 0.305 e. The summed E-state index contributed by atoms with van der Waals surface area (Å²) in [6.45, 7) is 0.171. The first kappa shape index (κ1) is 20.7. The third-order valence-corrected chi connectivity index (χ3v) is 4.92. The summed E-state index contributed by atoms with van der Waals surface area (Å²) in [5.41, 5.74) is 1.66. The van der Waals surface area contributed by atoms with Gasteiger partial charge in [-0.25, -0.2) is 4.90 Å². The molecule has 1 aromatic carbocycles. The lowest BCUT2D eigenvalue weighted by Crippen LogP contribution is -2.57. The molecule has 0 saturated carbocycles. The first-order valence-corrected chi connectivity index (χ1v) is 9.06. The number of carboxylic acids is 1. The Morgan fingerprint density at radius 3 is 2.64 bits per heavy atom. The predicted molar refractivity (Wildman–Crippen MR) is 96.3 cm³/mol. The maximum atomic E-state index is 10.7. The summed E-state index contributed by atoms with van der Waals surface area (Å²) in [4.78, 5) is 11.8. The minimum atomic E-state index is -1.12. The second-order valence-electron chi connectivity index (χ2n) is 6.81. The van der Waals surface area contributed by atoms with E-state index in [-0.39, 0.29) is 19.6 Å². The lowest BCUT2D eigenvalue weighted by atomic mass is 10.0. The predicted octanol–water partition coefficient (Wildman–Crippen LogP) is -0.784. The van der Waals surface area contributed by atoms with E-state index in [1.807, 2.05) is 0 Å². The fourth-order valence-corrected chi connectivity index (χ4v) is 3.54. The summed E-state index contributed by atoms with van der Waals surface area (Å²) in [5.74, 6) is 4.72. The van der Waals surface area contributed by atoms with E-state index in [9.17, 15) is 25.2 Å². The Kier molecular flexibility index (Phi) is 6.64. The van der Waals surface area contributed by atoms with Crippen LogP contribution in [-0.4, -0.2) is 68.1 Å². The van der Waals surface area contributed by atoms with Gasteiger partial charge in [-0.05, 0) is 25.0 Å². The van der Waals surface area contributed by atoms with Crippen molar-refractivity contribution in [2.75, 3.05) is 13.2 Å². The molecular weight excluding hydrogens is 368 g/mol. The van der Waals surface area contributed by atoms with Gasteiger partial charge in [0.1, 0.15) is 31.5 Å². The third kappa shape index (κ3) is 4.51. The van der Waals surface area contributed by atoms with Gasteiger partial charge in [0, 0.05) is 16.7 Å². The molecule has 1 fully saturated rings. The molecule has 0 radical (unpaired) electrons. The molecule has 5 atom stereocenters. The zero-order chi connectivity index (χ0) is 20.3. The molecule has 6 N–H and O–H groups in total. The Bertz CT molecular complexity index is 775. The lowest BCUT2D eigenvalue weighted by molar-refractivity contribution is -0.159. The van der Waals surface area contributed by atoms with Gasteiger partial charge in [0.2, 0.25) is 0 Å². The van der Waals surface area contributed by atoms with E-state index < -0.39 is 36.9 Å². The zero-order valence-electron chi connectivity index (χ0n) is 15.2. The molecule has 2 heterocycles. The number of nitrogens with zero attached hydrogens (tertiary/aromatic N) is 1. The van der Waals surface area contributed by atoms with Gasteiger partial charge >= 0.3 is 5.97 Å². The number of benzene rings is 1. The van der Waals surface area contributed by atoms with Gasteiger partial charge in [-0.3, -0.25) is 10.1 Å². The van der Waals surface area contributed by atoms with Crippen molar-refractivity contribution >= 4 is 5.97 Å². The van der Waals surface area contributed by atoms with Crippen LogP contribution in [0.3, 0.4) is 0 Å². The fourth-order valence-electron chi connectivity index (χ4n) is 3.54. The Hall–Kier alpha value is -2.03. The topological polar surface area (TPSA) is 143 Å². The first-order valence-electron chi connectivity index (χ1n) is 9.06. The number of hydrogen-bond acceptors (Lipinski definition) is 8. The number of rotatable bonds is 5. The highest BCUT2D eigenvalue weighted by atomic mass is 16.5. The van der Waals surface area contributed by atoms with Gasteiger partial charge in [0.05, 0.1) is 19.1 Å². The molecule has 0 aromatic heterocycles. The monoisotopic (exact) mass is 392 g/mol. The quantitative estimate of drug-likeness (QED) is 0.281. The van der Waals surface area contributed by atoms with E-state index in [0.717, 1.165) is 0 Å². The van der Waals surface area contributed by atoms with Crippen molar-refractivity contribution in [3.8, 4) is 11.8 Å². The highest BCUT2D eigenvalue weighted by molar-refractivity contribution is 5.66. The van der Waals surface area contributed by atoms with E-state index in [4.69, 9.17) is 9.84 Å². The van der Waals surface area contributed by atoms with Gasteiger partial charge in [-0.15, -0.1) is 0 Å². The Labute approximate surface area is 162 Å². The van der Waals surface area contributed by atoms with Crippen LogP contribution in [0.15, 0.2) is 18.2 Å². The number of carboxylic acid groups (broad SMARTS) is 1. The highest BCUT2D eigenvalue weighted by Gasteiger charge is 2.44. The molecule has 1 saturated heterocycles. The van der Waals surface area contributed by atoms with Crippen LogP contribution in [0.1, 0.15) is 48.4 Å². The summed E-state index contributed by atoms with van der Waals surface area (Å²) in [6, 6.07) is 4.50. The number of nitrogens with one attached hydrogen (secondary N) is 1. The normalized spacial score (nSPS) is 29.8. The van der Waals surface area contributed by atoms with E-state index in [0.29, 0.717) is 29.5 Å². The molecule has 0 spiro atoms. The molecule has 2 aliphatic heterocycles. The van der Waals surface area contributed by atoms with Crippen molar-refractivity contribution in [1.29, 1.82) is 0 Å². The largest absolute Gasteiger partial charge is 0.481 e. The number of hydrogen-bond donors (Lipinski definition) is 6. The van der Waals surface area contributed by atoms with Gasteiger partial charge < -0.3 is 30.3 Å². The number of aliphatic hydroxyl groups excluding tert-OH is 4. The highest BCUT2D eigenvalue weighted by Crippen LogP contribution is 2.42. The van der Waals surface area contributed by atoms with Crippen LogP contribution in [0.5, 0.6) is 0 Å². The average molecular weight is 392 g/mol. The molecule has 2 aliphatic rings. The first-order chi connectivity index (χ1) is 13.4. The average Bonchev–Trinajstić information content (AvgIpc) is 2.89. The SMILES string of the molecule is O=C(O)CCOCC#Cc1ccc2c(c1)C(O)N(C1CCC(O)NC1O)C2O. The van der Waals surface area contributed by atoms with E-state index in [2.05, 4.69) is 17.2 Å². The summed E-state index contributed by atoms with van der Waals surface area (Å²) in [5, 5.41) is 52.2. The molecule has 9 heteroatoms. The van der Waals surface area contributed by atoms with Gasteiger partial charge in [-0.2, -0.15) is 0 Å². The van der Waals surface area contributed by atoms with Crippen molar-refractivity contribution in [3.63, 3.8) is 0 Å². The second-order valence-corrected chi connectivity index (χ2v) is 6.81. The van der Waals surface area contributed by atoms with Crippen LogP contribution in [0, 0.1) is 11.8 Å². The Balaban J connectivity index is 1.67. The number of fused-ring (bicyclic) bond motifs is 1.